The number of carbonyl (C=O) groups is 1. The van der Waals surface area contributed by atoms with Crippen molar-refractivity contribution in [2.24, 2.45) is 16.7 Å². The first-order chi connectivity index (χ1) is 12.5. The van der Waals surface area contributed by atoms with Crippen LogP contribution in [-0.2, 0) is 9.53 Å². The lowest BCUT2D eigenvalue weighted by Crippen LogP contribution is -2.18. The van der Waals surface area contributed by atoms with E-state index >= 15 is 0 Å². The summed E-state index contributed by atoms with van der Waals surface area (Å²) < 4.78 is 5.10. The molecule has 0 N–H and O–H groups in total. The van der Waals surface area contributed by atoms with E-state index in [1.165, 1.54) is 0 Å². The fraction of sp³-hybridized carbons (Fsp3) is 0.458. The van der Waals surface area contributed by atoms with Crippen molar-refractivity contribution in [1.82, 2.24) is 0 Å². The average molecular weight is 353 g/mol. The highest BCUT2D eigenvalue weighted by Crippen LogP contribution is 2.38. The number of hydrogen-bond acceptors (Lipinski definition) is 2. The minimum atomic E-state index is -0.0834. The van der Waals surface area contributed by atoms with Crippen LogP contribution in [0, 0.1) is 16.7 Å². The smallest absolute Gasteiger partial charge is 0.309 e. The Balaban J connectivity index is 1.81. The summed E-state index contributed by atoms with van der Waals surface area (Å²) in [7, 11) is 0. The van der Waals surface area contributed by atoms with Crippen LogP contribution in [0.4, 0.5) is 0 Å². The molecule has 0 aromatic heterocycles. The molecular weight excluding hydrogens is 320 g/mol. The predicted octanol–water partition coefficient (Wildman–Crippen LogP) is 6.10. The second-order valence-electron chi connectivity index (χ2n) is 7.28. The van der Waals surface area contributed by atoms with Gasteiger partial charge in [0.2, 0.25) is 0 Å². The lowest BCUT2D eigenvalue weighted by atomic mass is 9.74. The summed E-state index contributed by atoms with van der Waals surface area (Å²) in [4.78, 5) is 11.8. The maximum Gasteiger partial charge on any atom is 0.309 e. The van der Waals surface area contributed by atoms with E-state index in [1.807, 2.05) is 13.8 Å². The normalized spacial score (nSPS) is 21.0. The molecule has 0 heterocycles. The van der Waals surface area contributed by atoms with Gasteiger partial charge in [0.1, 0.15) is 0 Å². The lowest BCUT2D eigenvalue weighted by molar-refractivity contribution is -0.148. The first-order valence-corrected chi connectivity index (χ1v) is 9.78. The van der Waals surface area contributed by atoms with Crippen LogP contribution in [0.5, 0.6) is 0 Å². The second-order valence-corrected chi connectivity index (χ2v) is 7.28. The van der Waals surface area contributed by atoms with Crippen molar-refractivity contribution < 1.29 is 9.53 Å². The monoisotopic (exact) mass is 352 g/mol. The van der Waals surface area contributed by atoms with Gasteiger partial charge in [-0.3, -0.25) is 4.79 Å². The number of esters is 1. The third kappa shape index (κ3) is 5.72. The Bertz CT molecular complexity index is 615. The van der Waals surface area contributed by atoms with Crippen LogP contribution in [0.2, 0.25) is 0 Å². The van der Waals surface area contributed by atoms with E-state index in [4.69, 9.17) is 4.74 Å². The molecule has 0 saturated carbocycles. The SMILES string of the molecule is CCOC(=O)C(CC)C/C=C\C/C=C\C1(C)C=CC2(C=CCC=C2)C=C1. The third-order valence-electron chi connectivity index (χ3n) is 5.00. The molecule has 0 saturated heterocycles. The van der Waals surface area contributed by atoms with E-state index in [1.54, 1.807) is 0 Å². The summed E-state index contributed by atoms with van der Waals surface area (Å²) in [6, 6.07) is 0. The maximum absolute atomic E-state index is 11.8. The summed E-state index contributed by atoms with van der Waals surface area (Å²) in [6.07, 6.45) is 30.2. The zero-order chi connectivity index (χ0) is 18.9. The Morgan fingerprint density at radius 3 is 2.35 bits per heavy atom. The number of rotatable bonds is 8. The summed E-state index contributed by atoms with van der Waals surface area (Å²) in [6.45, 7) is 6.55. The van der Waals surface area contributed by atoms with Gasteiger partial charge < -0.3 is 4.74 Å². The van der Waals surface area contributed by atoms with Gasteiger partial charge in [0.25, 0.3) is 0 Å². The molecule has 140 valence electrons. The molecule has 0 bridgehead atoms. The molecular formula is C24H32O2. The Kier molecular flexibility index (Phi) is 7.44. The molecule has 0 aromatic carbocycles. The zero-order valence-electron chi connectivity index (χ0n) is 16.4. The predicted molar refractivity (Wildman–Crippen MR) is 110 cm³/mol. The van der Waals surface area contributed by atoms with E-state index in [-0.39, 0.29) is 22.7 Å². The number of ether oxygens (including phenoxy) is 1. The fourth-order valence-electron chi connectivity index (χ4n) is 3.22. The molecule has 2 aliphatic rings. The van der Waals surface area contributed by atoms with Crippen molar-refractivity contribution in [3.05, 3.63) is 72.9 Å². The fourth-order valence-corrected chi connectivity index (χ4v) is 3.22. The second kappa shape index (κ2) is 9.56. The highest BCUT2D eigenvalue weighted by molar-refractivity contribution is 5.72. The molecule has 0 radical (unpaired) electrons. The third-order valence-corrected chi connectivity index (χ3v) is 5.00. The minimum Gasteiger partial charge on any atom is -0.466 e. The highest BCUT2D eigenvalue weighted by atomic mass is 16.5. The molecule has 1 unspecified atom stereocenters. The van der Waals surface area contributed by atoms with E-state index in [9.17, 15) is 4.79 Å². The molecule has 0 aromatic rings. The van der Waals surface area contributed by atoms with Gasteiger partial charge in [0, 0.05) is 10.8 Å². The molecule has 0 fully saturated rings. The van der Waals surface area contributed by atoms with Crippen LogP contribution in [-0.4, -0.2) is 12.6 Å². The van der Waals surface area contributed by atoms with Gasteiger partial charge in [-0.1, -0.05) is 79.8 Å². The van der Waals surface area contributed by atoms with Crippen molar-refractivity contribution in [1.29, 1.82) is 0 Å². The van der Waals surface area contributed by atoms with Crippen LogP contribution in [0.25, 0.3) is 0 Å². The lowest BCUT2D eigenvalue weighted by Gasteiger charge is -2.30. The summed E-state index contributed by atoms with van der Waals surface area (Å²) in [5.74, 6) is -0.107. The highest BCUT2D eigenvalue weighted by Gasteiger charge is 2.26. The largest absolute Gasteiger partial charge is 0.466 e. The van der Waals surface area contributed by atoms with Gasteiger partial charge in [0.15, 0.2) is 0 Å². The van der Waals surface area contributed by atoms with Crippen molar-refractivity contribution in [3.63, 3.8) is 0 Å². The Morgan fingerprint density at radius 2 is 1.73 bits per heavy atom. The summed E-state index contributed by atoms with van der Waals surface area (Å²) in [5, 5.41) is 0. The van der Waals surface area contributed by atoms with Crippen LogP contribution in [0.15, 0.2) is 72.9 Å². The van der Waals surface area contributed by atoms with Gasteiger partial charge in [-0.15, -0.1) is 0 Å². The van der Waals surface area contributed by atoms with E-state index in [2.05, 4.69) is 79.8 Å². The number of allylic oxidation sites excluding steroid dienone is 12. The molecule has 26 heavy (non-hydrogen) atoms. The van der Waals surface area contributed by atoms with E-state index in [0.717, 1.165) is 25.7 Å². The molecule has 0 amide bonds. The molecule has 1 atom stereocenters. The summed E-state index contributed by atoms with van der Waals surface area (Å²) in [5.41, 5.74) is -0.0527. The Hall–Kier alpha value is -2.09. The minimum absolute atomic E-state index is 0.0201. The van der Waals surface area contributed by atoms with Crippen LogP contribution >= 0.6 is 0 Å². The van der Waals surface area contributed by atoms with E-state index in [0.29, 0.717) is 6.61 Å². The van der Waals surface area contributed by atoms with E-state index < -0.39 is 0 Å². The Morgan fingerprint density at radius 1 is 1.04 bits per heavy atom. The standard InChI is InChI=1S/C24H32O2/c1-4-21(22(25)26-5-2)13-9-6-7-10-14-23(3)17-19-24(20-18-23)15-11-8-12-16-24/h6,9-12,14-21H,4-5,7-8,13H2,1-3H3/b9-6-,14-10-. The number of hydrogen-bond donors (Lipinski definition) is 0. The van der Waals surface area contributed by atoms with Gasteiger partial charge in [-0.25, -0.2) is 0 Å². The Labute approximate surface area is 158 Å². The van der Waals surface area contributed by atoms with Gasteiger partial charge in [0.05, 0.1) is 12.5 Å². The van der Waals surface area contributed by atoms with Gasteiger partial charge in [-0.2, -0.15) is 0 Å². The van der Waals surface area contributed by atoms with Crippen molar-refractivity contribution in [2.75, 3.05) is 6.61 Å². The van der Waals surface area contributed by atoms with Crippen LogP contribution in [0.3, 0.4) is 0 Å². The topological polar surface area (TPSA) is 26.3 Å². The van der Waals surface area contributed by atoms with Gasteiger partial charge >= 0.3 is 5.97 Å². The van der Waals surface area contributed by atoms with Gasteiger partial charge in [-0.05, 0) is 39.5 Å². The number of carbonyl (C=O) groups excluding carboxylic acids is 1. The molecule has 2 rings (SSSR count). The molecule has 2 nitrogen and oxygen atoms in total. The first kappa shape index (κ1) is 20.2. The van der Waals surface area contributed by atoms with Crippen molar-refractivity contribution in [3.8, 4) is 0 Å². The maximum atomic E-state index is 11.8. The first-order valence-electron chi connectivity index (χ1n) is 9.78. The van der Waals surface area contributed by atoms with Crippen molar-refractivity contribution in [2.45, 2.75) is 46.5 Å². The van der Waals surface area contributed by atoms with Crippen LogP contribution < -0.4 is 0 Å². The zero-order valence-corrected chi connectivity index (χ0v) is 16.4. The quantitative estimate of drug-likeness (QED) is 0.389. The molecule has 1 spiro atoms. The molecule has 2 aliphatic carbocycles. The van der Waals surface area contributed by atoms with Crippen LogP contribution in [0.1, 0.15) is 46.5 Å². The average Bonchev–Trinajstić information content (AvgIpc) is 2.65. The summed E-state index contributed by atoms with van der Waals surface area (Å²) >= 11 is 0. The molecule has 0 aliphatic heterocycles. The molecule has 2 heteroatoms. The van der Waals surface area contributed by atoms with Crippen molar-refractivity contribution >= 4 is 5.97 Å².